The zero-order chi connectivity index (χ0) is 12.4. The third-order valence-corrected chi connectivity index (χ3v) is 3.37. The molecule has 1 aromatic rings. The summed E-state index contributed by atoms with van der Waals surface area (Å²) < 4.78 is 5.04. The molecule has 0 bridgehead atoms. The summed E-state index contributed by atoms with van der Waals surface area (Å²) in [6, 6.07) is 5.41. The van der Waals surface area contributed by atoms with E-state index in [1.807, 2.05) is 0 Å². The minimum absolute atomic E-state index is 0.171. The average Bonchev–Trinajstić information content (AvgIpc) is 3.11. The molecule has 5 heteroatoms. The smallest absolute Gasteiger partial charge is 0.242 e. The van der Waals surface area contributed by atoms with Gasteiger partial charge in [0.2, 0.25) is 5.91 Å². The number of halogens is 2. The van der Waals surface area contributed by atoms with Gasteiger partial charge in [0.1, 0.15) is 11.1 Å². The summed E-state index contributed by atoms with van der Waals surface area (Å²) in [6.07, 6.45) is 2.08. The molecule has 0 radical (unpaired) electrons. The van der Waals surface area contributed by atoms with Crippen LogP contribution in [0.15, 0.2) is 18.2 Å². The van der Waals surface area contributed by atoms with Crippen molar-refractivity contribution in [3.8, 4) is 5.75 Å². The van der Waals surface area contributed by atoms with Crippen molar-refractivity contribution < 1.29 is 9.53 Å². The maximum absolute atomic E-state index is 11.7. The first kappa shape index (κ1) is 12.5. The van der Waals surface area contributed by atoms with Gasteiger partial charge in [-0.1, -0.05) is 17.7 Å². The van der Waals surface area contributed by atoms with Crippen molar-refractivity contribution in [3.05, 3.63) is 28.8 Å². The lowest BCUT2D eigenvalue weighted by Gasteiger charge is -2.11. The monoisotopic (exact) mass is 273 g/mol. The molecule has 17 heavy (non-hydrogen) atoms. The Morgan fingerprint density at radius 3 is 2.76 bits per heavy atom. The van der Waals surface area contributed by atoms with Crippen LogP contribution in [-0.2, 0) is 4.79 Å². The molecule has 1 aliphatic carbocycles. The number of rotatable bonds is 4. The van der Waals surface area contributed by atoms with Crippen molar-refractivity contribution in [3.63, 3.8) is 0 Å². The summed E-state index contributed by atoms with van der Waals surface area (Å²) in [5.41, 5.74) is 0.676. The van der Waals surface area contributed by atoms with Gasteiger partial charge in [0, 0.05) is 6.04 Å². The molecule has 0 aliphatic heterocycles. The number of ether oxygens (including phenoxy) is 1. The van der Waals surface area contributed by atoms with E-state index in [9.17, 15) is 4.79 Å². The zero-order valence-corrected chi connectivity index (χ0v) is 10.9. The molecular weight excluding hydrogens is 261 g/mol. The Hall–Kier alpha value is -0.930. The second kappa shape index (κ2) is 5.15. The predicted octanol–water partition coefficient (Wildman–Crippen LogP) is 2.91. The molecule has 1 amide bonds. The number of carbonyl (C=O) groups excluding carboxylic acids is 1. The standard InChI is InChI=1S/C12H13Cl2NO2/c1-17-10-5-2-7(6-9(10)13)11(14)12(16)15-8-3-4-8/h2,5-6,8,11H,3-4H2,1H3,(H,15,16). The fourth-order valence-corrected chi connectivity index (χ4v) is 1.96. The number of hydrogen-bond donors (Lipinski definition) is 1. The van der Waals surface area contributed by atoms with E-state index in [1.165, 1.54) is 0 Å². The maximum atomic E-state index is 11.7. The van der Waals surface area contributed by atoms with Crippen LogP contribution in [0.3, 0.4) is 0 Å². The van der Waals surface area contributed by atoms with Gasteiger partial charge in [-0.05, 0) is 30.5 Å². The van der Waals surface area contributed by atoms with Gasteiger partial charge in [-0.15, -0.1) is 11.6 Å². The van der Waals surface area contributed by atoms with Crippen LogP contribution in [0.25, 0.3) is 0 Å². The molecule has 1 saturated carbocycles. The maximum Gasteiger partial charge on any atom is 0.242 e. The normalized spacial score (nSPS) is 16.4. The zero-order valence-electron chi connectivity index (χ0n) is 9.37. The lowest BCUT2D eigenvalue weighted by atomic mass is 10.1. The second-order valence-electron chi connectivity index (χ2n) is 4.04. The lowest BCUT2D eigenvalue weighted by molar-refractivity contribution is -0.121. The van der Waals surface area contributed by atoms with Crippen LogP contribution < -0.4 is 10.1 Å². The average molecular weight is 274 g/mol. The van der Waals surface area contributed by atoms with Gasteiger partial charge in [0.05, 0.1) is 12.1 Å². The fourth-order valence-electron chi connectivity index (χ4n) is 1.49. The van der Waals surface area contributed by atoms with Gasteiger partial charge in [-0.2, -0.15) is 0 Å². The highest BCUT2D eigenvalue weighted by Gasteiger charge is 2.27. The van der Waals surface area contributed by atoms with E-state index in [4.69, 9.17) is 27.9 Å². The van der Waals surface area contributed by atoms with Crippen LogP contribution in [0.2, 0.25) is 5.02 Å². The number of amides is 1. The molecule has 1 aromatic carbocycles. The Morgan fingerprint density at radius 1 is 1.53 bits per heavy atom. The Balaban J connectivity index is 2.09. The van der Waals surface area contributed by atoms with Gasteiger partial charge in [0.25, 0.3) is 0 Å². The Kier molecular flexibility index (Phi) is 3.79. The van der Waals surface area contributed by atoms with E-state index in [2.05, 4.69) is 5.32 Å². The molecule has 1 aliphatic rings. The number of alkyl halides is 1. The molecule has 2 rings (SSSR count). The summed E-state index contributed by atoms with van der Waals surface area (Å²) in [5, 5.41) is 2.60. The van der Waals surface area contributed by atoms with Crippen LogP contribution in [-0.4, -0.2) is 19.1 Å². The largest absolute Gasteiger partial charge is 0.495 e. The Morgan fingerprint density at radius 2 is 2.24 bits per heavy atom. The highest BCUT2D eigenvalue weighted by molar-refractivity contribution is 6.33. The topological polar surface area (TPSA) is 38.3 Å². The van der Waals surface area contributed by atoms with Gasteiger partial charge in [-0.3, -0.25) is 4.79 Å². The summed E-state index contributed by atoms with van der Waals surface area (Å²) in [6.45, 7) is 0. The lowest BCUT2D eigenvalue weighted by Crippen LogP contribution is -2.28. The first-order chi connectivity index (χ1) is 8.11. The highest BCUT2D eigenvalue weighted by atomic mass is 35.5. The minimum atomic E-state index is -0.709. The number of methoxy groups -OCH3 is 1. The molecule has 92 valence electrons. The Bertz CT molecular complexity index is 433. The minimum Gasteiger partial charge on any atom is -0.495 e. The van der Waals surface area contributed by atoms with Gasteiger partial charge in [0.15, 0.2) is 0 Å². The molecule has 0 saturated heterocycles. The fraction of sp³-hybridized carbons (Fsp3) is 0.417. The number of benzene rings is 1. The SMILES string of the molecule is COc1ccc(C(Cl)C(=O)NC2CC2)cc1Cl. The Labute approximate surface area is 110 Å². The molecule has 1 fully saturated rings. The number of nitrogens with one attached hydrogen (secondary N) is 1. The van der Waals surface area contributed by atoms with Crippen molar-refractivity contribution in [1.29, 1.82) is 0 Å². The van der Waals surface area contributed by atoms with Gasteiger partial charge < -0.3 is 10.1 Å². The second-order valence-corrected chi connectivity index (χ2v) is 4.88. The number of carbonyl (C=O) groups is 1. The molecule has 0 heterocycles. The molecule has 0 spiro atoms. The van der Waals surface area contributed by atoms with Crippen molar-refractivity contribution >= 4 is 29.1 Å². The third kappa shape index (κ3) is 3.05. The first-order valence-corrected chi connectivity index (χ1v) is 6.21. The summed E-state index contributed by atoms with van der Waals surface area (Å²) in [7, 11) is 1.54. The van der Waals surface area contributed by atoms with Crippen LogP contribution in [0.1, 0.15) is 23.8 Å². The summed E-state index contributed by atoms with van der Waals surface area (Å²) in [4.78, 5) is 11.7. The van der Waals surface area contributed by atoms with E-state index >= 15 is 0 Å². The van der Waals surface area contributed by atoms with E-state index in [-0.39, 0.29) is 5.91 Å². The number of hydrogen-bond acceptors (Lipinski definition) is 2. The van der Waals surface area contributed by atoms with Crippen molar-refractivity contribution in [1.82, 2.24) is 5.32 Å². The van der Waals surface area contributed by atoms with Crippen LogP contribution >= 0.6 is 23.2 Å². The van der Waals surface area contributed by atoms with Crippen LogP contribution in [0, 0.1) is 0 Å². The van der Waals surface area contributed by atoms with Gasteiger partial charge >= 0.3 is 0 Å². The summed E-state index contributed by atoms with van der Waals surface area (Å²) >= 11 is 12.1. The first-order valence-electron chi connectivity index (χ1n) is 5.39. The molecule has 3 nitrogen and oxygen atoms in total. The van der Waals surface area contributed by atoms with Crippen molar-refractivity contribution in [2.24, 2.45) is 0 Å². The van der Waals surface area contributed by atoms with E-state index in [1.54, 1.807) is 25.3 Å². The van der Waals surface area contributed by atoms with E-state index < -0.39 is 5.38 Å². The van der Waals surface area contributed by atoms with Crippen LogP contribution in [0.5, 0.6) is 5.75 Å². The highest BCUT2D eigenvalue weighted by Crippen LogP contribution is 2.31. The molecule has 1 atom stereocenters. The van der Waals surface area contributed by atoms with E-state index in [0.717, 1.165) is 12.8 Å². The summed E-state index contributed by atoms with van der Waals surface area (Å²) in [5.74, 6) is 0.400. The van der Waals surface area contributed by atoms with Crippen molar-refractivity contribution in [2.75, 3.05) is 7.11 Å². The van der Waals surface area contributed by atoms with Crippen LogP contribution in [0.4, 0.5) is 0 Å². The third-order valence-electron chi connectivity index (χ3n) is 2.62. The van der Waals surface area contributed by atoms with Gasteiger partial charge in [-0.25, -0.2) is 0 Å². The van der Waals surface area contributed by atoms with Crippen molar-refractivity contribution in [2.45, 2.75) is 24.3 Å². The van der Waals surface area contributed by atoms with E-state index in [0.29, 0.717) is 22.4 Å². The molecule has 1 N–H and O–H groups in total. The molecule has 1 unspecified atom stereocenters. The predicted molar refractivity (Wildman–Crippen MR) is 67.8 cm³/mol. The quantitative estimate of drug-likeness (QED) is 0.857. The molecular formula is C12H13Cl2NO2. The molecule has 0 aromatic heterocycles.